The van der Waals surface area contributed by atoms with Gasteiger partial charge >= 0.3 is 12.0 Å². The number of benzene rings is 1. The summed E-state index contributed by atoms with van der Waals surface area (Å²) in [5.41, 5.74) is 5.32. The van der Waals surface area contributed by atoms with Crippen LogP contribution in [0.2, 0.25) is 0 Å². The molecular weight excluding hydrogens is 346 g/mol. The van der Waals surface area contributed by atoms with Crippen LogP contribution in [0.1, 0.15) is 6.42 Å². The number of aliphatic carboxylic acids is 1. The van der Waals surface area contributed by atoms with E-state index < -0.39 is 30.4 Å². The molecule has 1 rings (SSSR count). The third-order valence-corrected chi connectivity index (χ3v) is 3.07. The van der Waals surface area contributed by atoms with Crippen LogP contribution in [0.15, 0.2) is 22.7 Å². The molecule has 8 nitrogen and oxygen atoms in total. The van der Waals surface area contributed by atoms with E-state index in [-0.39, 0.29) is 0 Å². The van der Waals surface area contributed by atoms with Crippen molar-refractivity contribution >= 4 is 39.5 Å². The predicted octanol–water partition coefficient (Wildman–Crippen LogP) is 0.908. The Balaban J connectivity index is 2.72. The zero-order valence-electron chi connectivity index (χ0n) is 11.1. The molecule has 0 fully saturated rings. The number of ether oxygens (including phenoxy) is 1. The highest BCUT2D eigenvalue weighted by Gasteiger charge is 2.22. The van der Waals surface area contributed by atoms with Gasteiger partial charge in [-0.15, -0.1) is 0 Å². The lowest BCUT2D eigenvalue weighted by atomic mass is 10.2. The number of carboxylic acids is 1. The molecule has 0 aromatic heterocycles. The van der Waals surface area contributed by atoms with Gasteiger partial charge in [0, 0.05) is 11.8 Å². The van der Waals surface area contributed by atoms with Gasteiger partial charge in [-0.25, -0.2) is 9.59 Å². The van der Waals surface area contributed by atoms with Crippen LogP contribution in [0.5, 0.6) is 5.75 Å². The van der Waals surface area contributed by atoms with Gasteiger partial charge in [-0.3, -0.25) is 4.79 Å². The molecule has 114 valence electrons. The van der Waals surface area contributed by atoms with Crippen LogP contribution in [0.3, 0.4) is 0 Å². The highest BCUT2D eigenvalue weighted by molar-refractivity contribution is 9.10. The van der Waals surface area contributed by atoms with Crippen molar-refractivity contribution in [2.24, 2.45) is 5.73 Å². The highest BCUT2D eigenvalue weighted by Crippen LogP contribution is 2.27. The number of nitrogens with two attached hydrogens (primary N) is 1. The van der Waals surface area contributed by atoms with E-state index in [1.165, 1.54) is 7.11 Å². The molecule has 0 saturated heterocycles. The molecule has 0 saturated carbocycles. The largest absolute Gasteiger partial charge is 0.495 e. The van der Waals surface area contributed by atoms with E-state index in [9.17, 15) is 14.4 Å². The van der Waals surface area contributed by atoms with Crippen molar-refractivity contribution in [3.05, 3.63) is 22.7 Å². The Hall–Kier alpha value is -2.29. The van der Waals surface area contributed by atoms with Gasteiger partial charge in [0.25, 0.3) is 0 Å². The second-order valence-electron chi connectivity index (χ2n) is 4.01. The number of carbonyl (C=O) groups excluding carboxylic acids is 2. The van der Waals surface area contributed by atoms with Crippen molar-refractivity contribution in [3.63, 3.8) is 0 Å². The van der Waals surface area contributed by atoms with Gasteiger partial charge in [0.15, 0.2) is 0 Å². The maximum Gasteiger partial charge on any atom is 0.326 e. The first kappa shape index (κ1) is 16.8. The summed E-state index contributed by atoms with van der Waals surface area (Å²) >= 11 is 3.26. The van der Waals surface area contributed by atoms with E-state index >= 15 is 0 Å². The third-order valence-electron chi connectivity index (χ3n) is 2.42. The maximum absolute atomic E-state index is 11.7. The smallest absolute Gasteiger partial charge is 0.326 e. The summed E-state index contributed by atoms with van der Waals surface area (Å²) in [7, 11) is 1.47. The number of nitrogens with one attached hydrogen (secondary N) is 2. The number of urea groups is 1. The van der Waals surface area contributed by atoms with E-state index in [0.29, 0.717) is 15.9 Å². The second-order valence-corrected chi connectivity index (χ2v) is 4.86. The lowest BCUT2D eigenvalue weighted by molar-refractivity contribution is -0.140. The lowest BCUT2D eigenvalue weighted by Gasteiger charge is -2.14. The number of halogens is 1. The fourth-order valence-corrected chi connectivity index (χ4v) is 1.87. The number of anilines is 1. The molecule has 1 atom stereocenters. The molecule has 0 aliphatic carbocycles. The van der Waals surface area contributed by atoms with Crippen LogP contribution in [0.4, 0.5) is 10.5 Å². The van der Waals surface area contributed by atoms with Gasteiger partial charge < -0.3 is 26.2 Å². The zero-order chi connectivity index (χ0) is 16.0. The predicted molar refractivity (Wildman–Crippen MR) is 78.1 cm³/mol. The Kier molecular flexibility index (Phi) is 5.97. The Morgan fingerprint density at radius 2 is 2.10 bits per heavy atom. The number of amides is 3. The van der Waals surface area contributed by atoms with Gasteiger partial charge in [-0.2, -0.15) is 0 Å². The second kappa shape index (κ2) is 7.48. The van der Waals surface area contributed by atoms with Crippen LogP contribution >= 0.6 is 15.9 Å². The normalized spacial score (nSPS) is 11.3. The Morgan fingerprint density at radius 3 is 2.62 bits per heavy atom. The van der Waals surface area contributed by atoms with Gasteiger partial charge in [0.1, 0.15) is 11.8 Å². The van der Waals surface area contributed by atoms with Crippen molar-refractivity contribution in [1.29, 1.82) is 0 Å². The van der Waals surface area contributed by atoms with Gasteiger partial charge in [0.2, 0.25) is 5.91 Å². The average Bonchev–Trinajstić information content (AvgIpc) is 2.39. The molecule has 0 spiro atoms. The minimum absolute atomic E-state index is 0.399. The van der Waals surface area contributed by atoms with Crippen LogP contribution in [-0.4, -0.2) is 36.2 Å². The Bertz CT molecular complexity index is 564. The molecule has 21 heavy (non-hydrogen) atoms. The number of hydrogen-bond acceptors (Lipinski definition) is 4. The van der Waals surface area contributed by atoms with Crippen LogP contribution in [0, 0.1) is 0 Å². The van der Waals surface area contributed by atoms with E-state index in [4.69, 9.17) is 15.6 Å². The van der Waals surface area contributed by atoms with Gasteiger partial charge in [-0.05, 0) is 28.1 Å². The standard InChI is InChI=1S/C12H14BrN3O5/c1-21-9-4-6(2-3-7(9)13)15-12(20)16-8(11(18)19)5-10(14)17/h2-4,8H,5H2,1H3,(H2,14,17)(H,18,19)(H2,15,16,20)/t8-/m0/s1. The summed E-state index contributed by atoms with van der Waals surface area (Å²) in [6.45, 7) is 0. The molecule has 1 aromatic rings. The average molecular weight is 360 g/mol. The summed E-state index contributed by atoms with van der Waals surface area (Å²) < 4.78 is 5.77. The number of hydrogen-bond donors (Lipinski definition) is 4. The number of primary amides is 1. The summed E-state index contributed by atoms with van der Waals surface area (Å²) in [4.78, 5) is 33.3. The summed E-state index contributed by atoms with van der Waals surface area (Å²) in [6, 6.07) is 2.64. The quantitative estimate of drug-likeness (QED) is 0.599. The minimum Gasteiger partial charge on any atom is -0.495 e. The summed E-state index contributed by atoms with van der Waals surface area (Å²) in [5.74, 6) is -1.68. The van der Waals surface area contributed by atoms with Gasteiger partial charge in [-0.1, -0.05) is 0 Å². The topological polar surface area (TPSA) is 131 Å². The molecule has 0 radical (unpaired) electrons. The monoisotopic (exact) mass is 359 g/mol. The van der Waals surface area contributed by atoms with Crippen LogP contribution in [0.25, 0.3) is 0 Å². The molecule has 0 aliphatic rings. The van der Waals surface area contributed by atoms with Crippen LogP contribution < -0.4 is 21.1 Å². The van der Waals surface area contributed by atoms with Crippen molar-refractivity contribution in [1.82, 2.24) is 5.32 Å². The Morgan fingerprint density at radius 1 is 1.43 bits per heavy atom. The molecule has 1 aromatic carbocycles. The molecule has 0 unspecified atom stereocenters. The molecule has 3 amide bonds. The van der Waals surface area contributed by atoms with E-state index in [0.717, 1.165) is 0 Å². The Labute approximate surface area is 128 Å². The lowest BCUT2D eigenvalue weighted by Crippen LogP contribution is -2.45. The SMILES string of the molecule is COc1cc(NC(=O)N[C@@H](CC(N)=O)C(=O)O)ccc1Br. The third kappa shape index (κ3) is 5.30. The first-order valence-electron chi connectivity index (χ1n) is 5.75. The number of methoxy groups -OCH3 is 1. The molecule has 5 N–H and O–H groups in total. The number of carbonyl (C=O) groups is 3. The molecule has 0 bridgehead atoms. The fraction of sp³-hybridized carbons (Fsp3) is 0.250. The van der Waals surface area contributed by atoms with Crippen molar-refractivity contribution < 1.29 is 24.2 Å². The van der Waals surface area contributed by atoms with Crippen molar-refractivity contribution in [2.45, 2.75) is 12.5 Å². The van der Waals surface area contributed by atoms with Gasteiger partial charge in [0.05, 0.1) is 18.0 Å². The van der Waals surface area contributed by atoms with Crippen molar-refractivity contribution in [2.75, 3.05) is 12.4 Å². The highest BCUT2D eigenvalue weighted by atomic mass is 79.9. The zero-order valence-corrected chi connectivity index (χ0v) is 12.6. The van der Waals surface area contributed by atoms with E-state index in [1.54, 1.807) is 18.2 Å². The van der Waals surface area contributed by atoms with E-state index in [1.807, 2.05) is 0 Å². The van der Waals surface area contributed by atoms with Crippen molar-refractivity contribution in [3.8, 4) is 5.75 Å². The van der Waals surface area contributed by atoms with E-state index in [2.05, 4.69) is 26.6 Å². The molecule has 0 aliphatic heterocycles. The molecular formula is C12H14BrN3O5. The first-order valence-corrected chi connectivity index (χ1v) is 6.55. The first-order chi connectivity index (χ1) is 9.83. The molecule has 9 heteroatoms. The maximum atomic E-state index is 11.7. The molecule has 0 heterocycles. The summed E-state index contributed by atoms with van der Waals surface area (Å²) in [6.07, 6.45) is -0.494. The van der Waals surface area contributed by atoms with Crippen LogP contribution in [-0.2, 0) is 9.59 Å². The summed E-state index contributed by atoms with van der Waals surface area (Å²) in [5, 5.41) is 13.5. The fourth-order valence-electron chi connectivity index (χ4n) is 1.46. The minimum atomic E-state index is -1.39. The number of rotatable bonds is 6. The number of carboxylic acid groups (broad SMARTS) is 1.